The Morgan fingerprint density at radius 3 is 2.56 bits per heavy atom. The van der Waals surface area contributed by atoms with Gasteiger partial charge in [-0.05, 0) is 29.9 Å². The fourth-order valence-corrected chi connectivity index (χ4v) is 3.69. The monoisotopic (exact) mass is 430 g/mol. The van der Waals surface area contributed by atoms with E-state index in [9.17, 15) is 9.59 Å². The fourth-order valence-electron chi connectivity index (χ4n) is 3.69. The number of benzene rings is 2. The Labute approximate surface area is 186 Å². The summed E-state index contributed by atoms with van der Waals surface area (Å²) in [6, 6.07) is 17.9. The minimum atomic E-state index is -0.656. The molecule has 32 heavy (non-hydrogen) atoms. The summed E-state index contributed by atoms with van der Waals surface area (Å²) in [5.74, 6) is 1.49. The lowest BCUT2D eigenvalue weighted by atomic mass is 10.0. The van der Waals surface area contributed by atoms with Gasteiger partial charge in [-0.3, -0.25) is 14.3 Å². The van der Waals surface area contributed by atoms with E-state index in [4.69, 9.17) is 4.74 Å². The molecule has 4 rings (SSSR count). The lowest BCUT2D eigenvalue weighted by molar-refractivity contribution is -0.119. The number of aromatic nitrogens is 3. The van der Waals surface area contributed by atoms with E-state index in [-0.39, 0.29) is 17.4 Å². The number of amides is 1. The number of ether oxygens (including phenoxy) is 1. The highest BCUT2D eigenvalue weighted by molar-refractivity contribution is 5.93. The summed E-state index contributed by atoms with van der Waals surface area (Å²) in [4.78, 5) is 25.9. The zero-order valence-corrected chi connectivity index (χ0v) is 18.4. The highest BCUT2D eigenvalue weighted by atomic mass is 16.5. The van der Waals surface area contributed by atoms with Crippen LogP contribution < -0.4 is 15.6 Å². The summed E-state index contributed by atoms with van der Waals surface area (Å²) >= 11 is 0. The van der Waals surface area contributed by atoms with Crippen molar-refractivity contribution < 1.29 is 9.53 Å². The van der Waals surface area contributed by atoms with E-state index >= 15 is 0 Å². The lowest BCUT2D eigenvalue weighted by Crippen LogP contribution is -2.33. The molecule has 1 amide bonds. The Morgan fingerprint density at radius 1 is 1.06 bits per heavy atom. The van der Waals surface area contributed by atoms with Crippen LogP contribution in [0.15, 0.2) is 77.9 Å². The molecule has 0 aliphatic heterocycles. The molecule has 2 aromatic carbocycles. The third-order valence-electron chi connectivity index (χ3n) is 5.20. The second-order valence-corrected chi connectivity index (χ2v) is 8.20. The molecule has 1 unspecified atom stereocenters. The topological polar surface area (TPSA) is 78.2 Å². The van der Waals surface area contributed by atoms with Crippen LogP contribution in [0.5, 0.6) is 11.5 Å². The quantitative estimate of drug-likeness (QED) is 0.459. The molecule has 2 aromatic heterocycles. The second-order valence-electron chi connectivity index (χ2n) is 8.20. The van der Waals surface area contributed by atoms with Crippen LogP contribution in [0.3, 0.4) is 0 Å². The Hall–Kier alpha value is -3.87. The average Bonchev–Trinajstić information content (AvgIpc) is 3.17. The summed E-state index contributed by atoms with van der Waals surface area (Å²) in [6.45, 7) is 4.04. The van der Waals surface area contributed by atoms with Gasteiger partial charge in [-0.2, -0.15) is 5.10 Å². The van der Waals surface area contributed by atoms with Gasteiger partial charge >= 0.3 is 0 Å². The maximum atomic E-state index is 13.0. The van der Waals surface area contributed by atoms with Gasteiger partial charge in [-0.15, -0.1) is 0 Å². The SMILES string of the molecule is CC(C)CC(C(=O)Nc1ccn(C)n1)n1ccc(Oc2cccc3ccccc23)cc1=O. The van der Waals surface area contributed by atoms with Crippen LogP contribution in [0.1, 0.15) is 26.3 Å². The lowest BCUT2D eigenvalue weighted by Gasteiger charge is -2.21. The number of hydrogen-bond donors (Lipinski definition) is 1. The van der Waals surface area contributed by atoms with Gasteiger partial charge in [0.25, 0.3) is 5.56 Å². The van der Waals surface area contributed by atoms with E-state index < -0.39 is 6.04 Å². The van der Waals surface area contributed by atoms with Gasteiger partial charge in [0.1, 0.15) is 17.5 Å². The number of rotatable bonds is 7. The van der Waals surface area contributed by atoms with Gasteiger partial charge in [-0.1, -0.05) is 50.2 Å². The molecule has 7 nitrogen and oxygen atoms in total. The zero-order valence-electron chi connectivity index (χ0n) is 18.4. The standard InChI is InChI=1S/C25H26N4O3/c1-17(2)15-21(25(31)26-23-12-13-28(3)27-23)29-14-11-19(16-24(29)30)32-22-10-6-8-18-7-4-5-9-20(18)22/h4-14,16-17,21H,15H2,1-3H3,(H,26,27,31). The molecule has 1 N–H and O–H groups in total. The molecular weight excluding hydrogens is 404 g/mol. The Bertz CT molecular complexity index is 1300. The molecule has 2 heterocycles. The van der Waals surface area contributed by atoms with E-state index in [0.29, 0.717) is 23.7 Å². The predicted octanol–water partition coefficient (Wildman–Crippen LogP) is 4.75. The Kier molecular flexibility index (Phi) is 6.07. The van der Waals surface area contributed by atoms with E-state index in [0.717, 1.165) is 10.8 Å². The molecule has 0 saturated heterocycles. The molecule has 0 aliphatic carbocycles. The molecule has 0 radical (unpaired) electrons. The average molecular weight is 431 g/mol. The summed E-state index contributed by atoms with van der Waals surface area (Å²) < 4.78 is 9.08. The molecule has 4 aromatic rings. The summed E-state index contributed by atoms with van der Waals surface area (Å²) in [5, 5.41) is 9.02. The maximum Gasteiger partial charge on any atom is 0.254 e. The van der Waals surface area contributed by atoms with Crippen LogP contribution in [0.4, 0.5) is 5.82 Å². The van der Waals surface area contributed by atoms with E-state index in [1.807, 2.05) is 56.3 Å². The molecular formula is C25H26N4O3. The molecule has 1 atom stereocenters. The first-order valence-corrected chi connectivity index (χ1v) is 10.6. The molecule has 7 heteroatoms. The van der Waals surface area contributed by atoms with Gasteiger partial charge in [0.15, 0.2) is 5.82 Å². The van der Waals surface area contributed by atoms with Crippen molar-refractivity contribution in [2.45, 2.75) is 26.3 Å². The molecule has 0 fully saturated rings. The number of carbonyl (C=O) groups excluding carboxylic acids is 1. The summed E-state index contributed by atoms with van der Waals surface area (Å²) in [7, 11) is 1.78. The second kappa shape index (κ2) is 9.09. The van der Waals surface area contributed by atoms with Crippen LogP contribution >= 0.6 is 0 Å². The van der Waals surface area contributed by atoms with Crippen molar-refractivity contribution in [1.82, 2.24) is 14.3 Å². The van der Waals surface area contributed by atoms with Gasteiger partial charge in [0.05, 0.1) is 0 Å². The maximum absolute atomic E-state index is 13.0. The van der Waals surface area contributed by atoms with Crippen molar-refractivity contribution in [2.75, 3.05) is 5.32 Å². The van der Waals surface area contributed by atoms with Crippen LogP contribution in [0.25, 0.3) is 10.8 Å². The Morgan fingerprint density at radius 2 is 1.84 bits per heavy atom. The van der Waals surface area contributed by atoms with E-state index in [2.05, 4.69) is 10.4 Å². The van der Waals surface area contributed by atoms with Crippen LogP contribution in [0, 0.1) is 5.92 Å². The normalized spacial score (nSPS) is 12.1. The van der Waals surface area contributed by atoms with Crippen LogP contribution in [-0.2, 0) is 11.8 Å². The summed E-state index contributed by atoms with van der Waals surface area (Å²) in [5.41, 5.74) is -0.301. The molecule has 0 spiro atoms. The molecule has 0 saturated carbocycles. The fraction of sp³-hybridized carbons (Fsp3) is 0.240. The van der Waals surface area contributed by atoms with Crippen LogP contribution in [0.2, 0.25) is 0 Å². The van der Waals surface area contributed by atoms with Gasteiger partial charge in [0, 0.05) is 37.0 Å². The Balaban J connectivity index is 1.60. The van der Waals surface area contributed by atoms with Gasteiger partial charge < -0.3 is 14.6 Å². The van der Waals surface area contributed by atoms with Gasteiger partial charge in [0.2, 0.25) is 5.91 Å². The first-order chi connectivity index (χ1) is 15.4. The van der Waals surface area contributed by atoms with Crippen molar-refractivity contribution >= 4 is 22.5 Å². The van der Waals surface area contributed by atoms with Gasteiger partial charge in [-0.25, -0.2) is 0 Å². The first kappa shape index (κ1) is 21.4. The number of fused-ring (bicyclic) bond motifs is 1. The number of pyridine rings is 1. The van der Waals surface area contributed by atoms with Crippen molar-refractivity contribution in [3.05, 3.63) is 83.4 Å². The molecule has 0 aliphatic rings. The number of nitrogens with one attached hydrogen (secondary N) is 1. The van der Waals surface area contributed by atoms with Crippen LogP contribution in [-0.4, -0.2) is 20.3 Å². The number of hydrogen-bond acceptors (Lipinski definition) is 4. The van der Waals surface area contributed by atoms with E-state index in [1.54, 1.807) is 36.3 Å². The third kappa shape index (κ3) is 4.72. The van der Waals surface area contributed by atoms with E-state index in [1.165, 1.54) is 10.6 Å². The predicted molar refractivity (Wildman–Crippen MR) is 125 cm³/mol. The molecule has 164 valence electrons. The smallest absolute Gasteiger partial charge is 0.254 e. The summed E-state index contributed by atoms with van der Waals surface area (Å²) in [6.07, 6.45) is 3.88. The number of anilines is 1. The van der Waals surface area contributed by atoms with Crippen molar-refractivity contribution in [1.29, 1.82) is 0 Å². The van der Waals surface area contributed by atoms with Crippen molar-refractivity contribution in [2.24, 2.45) is 13.0 Å². The number of aryl methyl sites for hydroxylation is 1. The minimum Gasteiger partial charge on any atom is -0.456 e. The molecule has 0 bridgehead atoms. The first-order valence-electron chi connectivity index (χ1n) is 10.6. The largest absolute Gasteiger partial charge is 0.456 e. The number of carbonyl (C=O) groups is 1. The number of nitrogens with zero attached hydrogens (tertiary/aromatic N) is 3. The minimum absolute atomic E-state index is 0.216. The van der Waals surface area contributed by atoms with Crippen molar-refractivity contribution in [3.8, 4) is 11.5 Å². The van der Waals surface area contributed by atoms with Crippen molar-refractivity contribution in [3.63, 3.8) is 0 Å². The highest BCUT2D eigenvalue weighted by Crippen LogP contribution is 2.29. The third-order valence-corrected chi connectivity index (χ3v) is 5.20. The highest BCUT2D eigenvalue weighted by Gasteiger charge is 2.23. The zero-order chi connectivity index (χ0) is 22.7.